The molecule has 0 saturated carbocycles. The highest BCUT2D eigenvalue weighted by Gasteiger charge is 2.14. The van der Waals surface area contributed by atoms with Crippen molar-refractivity contribution in [3.8, 4) is 11.5 Å². The Morgan fingerprint density at radius 2 is 2.21 bits per heavy atom. The molecule has 5 heteroatoms. The van der Waals surface area contributed by atoms with E-state index in [0.717, 1.165) is 50.8 Å². The van der Waals surface area contributed by atoms with E-state index in [1.54, 1.807) is 0 Å². The summed E-state index contributed by atoms with van der Waals surface area (Å²) in [5, 5.41) is 6.88. The third-order valence-electron chi connectivity index (χ3n) is 3.42. The van der Waals surface area contributed by atoms with Crippen LogP contribution in [0.4, 0.5) is 0 Å². The molecule has 0 spiro atoms. The van der Waals surface area contributed by atoms with Crippen molar-refractivity contribution >= 4 is 0 Å². The van der Waals surface area contributed by atoms with Gasteiger partial charge in [-0.3, -0.25) is 0 Å². The molecule has 19 heavy (non-hydrogen) atoms. The van der Waals surface area contributed by atoms with Crippen molar-refractivity contribution < 1.29 is 14.2 Å². The second kappa shape index (κ2) is 6.23. The number of morpholine rings is 1. The van der Waals surface area contributed by atoms with Crippen LogP contribution >= 0.6 is 0 Å². The Kier molecular flexibility index (Phi) is 4.17. The SMILES string of the molecule is c1cc2c(cc1CCNCC1COCCN1)OCO2. The van der Waals surface area contributed by atoms with Crippen LogP contribution in [0.25, 0.3) is 0 Å². The number of ether oxygens (including phenoxy) is 3. The zero-order valence-electron chi connectivity index (χ0n) is 11.0. The Hall–Kier alpha value is -1.30. The Bertz CT molecular complexity index is 419. The van der Waals surface area contributed by atoms with Gasteiger partial charge in [0, 0.05) is 19.1 Å². The van der Waals surface area contributed by atoms with Crippen LogP contribution in [0.5, 0.6) is 11.5 Å². The Labute approximate surface area is 113 Å². The lowest BCUT2D eigenvalue weighted by Gasteiger charge is -2.24. The quantitative estimate of drug-likeness (QED) is 0.760. The maximum absolute atomic E-state index is 5.41. The van der Waals surface area contributed by atoms with Gasteiger partial charge in [0.1, 0.15) is 0 Å². The molecular weight excluding hydrogens is 244 g/mol. The Morgan fingerprint density at radius 3 is 3.11 bits per heavy atom. The molecule has 0 radical (unpaired) electrons. The van der Waals surface area contributed by atoms with Crippen LogP contribution < -0.4 is 20.1 Å². The first-order chi connectivity index (χ1) is 9.42. The average Bonchev–Trinajstić information content (AvgIpc) is 2.92. The van der Waals surface area contributed by atoms with E-state index in [0.29, 0.717) is 12.8 Å². The average molecular weight is 264 g/mol. The molecule has 0 bridgehead atoms. The smallest absolute Gasteiger partial charge is 0.231 e. The fourth-order valence-electron chi connectivity index (χ4n) is 2.36. The molecule has 2 aliphatic rings. The van der Waals surface area contributed by atoms with Gasteiger partial charge < -0.3 is 24.8 Å². The normalized spacial score (nSPS) is 21.6. The van der Waals surface area contributed by atoms with Crippen LogP contribution in [-0.2, 0) is 11.2 Å². The molecule has 2 aliphatic heterocycles. The molecule has 0 amide bonds. The summed E-state index contributed by atoms with van der Waals surface area (Å²) in [6.45, 7) is 4.83. The van der Waals surface area contributed by atoms with Crippen molar-refractivity contribution in [3.63, 3.8) is 0 Å². The first kappa shape index (κ1) is 12.7. The minimum absolute atomic E-state index is 0.338. The number of hydrogen-bond acceptors (Lipinski definition) is 5. The molecule has 0 aromatic heterocycles. The molecule has 1 saturated heterocycles. The third kappa shape index (κ3) is 3.37. The minimum atomic E-state index is 0.338. The predicted octanol–water partition coefficient (Wildman–Crippen LogP) is 0.536. The molecule has 3 rings (SSSR count). The van der Waals surface area contributed by atoms with Crippen molar-refractivity contribution in [3.05, 3.63) is 23.8 Å². The van der Waals surface area contributed by atoms with Crippen molar-refractivity contribution in [2.24, 2.45) is 0 Å². The van der Waals surface area contributed by atoms with E-state index < -0.39 is 0 Å². The highest BCUT2D eigenvalue weighted by Crippen LogP contribution is 2.32. The van der Waals surface area contributed by atoms with Crippen molar-refractivity contribution in [2.75, 3.05) is 39.6 Å². The predicted molar refractivity (Wildman–Crippen MR) is 71.7 cm³/mol. The van der Waals surface area contributed by atoms with Crippen LogP contribution in [0.2, 0.25) is 0 Å². The zero-order chi connectivity index (χ0) is 12.9. The lowest BCUT2D eigenvalue weighted by molar-refractivity contribution is 0.0768. The highest BCUT2D eigenvalue weighted by molar-refractivity contribution is 5.44. The van der Waals surface area contributed by atoms with E-state index in [1.165, 1.54) is 5.56 Å². The van der Waals surface area contributed by atoms with Gasteiger partial charge in [-0.2, -0.15) is 0 Å². The lowest BCUT2D eigenvalue weighted by atomic mass is 10.1. The second-order valence-corrected chi connectivity index (χ2v) is 4.87. The van der Waals surface area contributed by atoms with Gasteiger partial charge in [0.15, 0.2) is 11.5 Å². The largest absolute Gasteiger partial charge is 0.454 e. The maximum Gasteiger partial charge on any atom is 0.231 e. The van der Waals surface area contributed by atoms with Crippen LogP contribution in [0.15, 0.2) is 18.2 Å². The minimum Gasteiger partial charge on any atom is -0.454 e. The van der Waals surface area contributed by atoms with E-state index in [2.05, 4.69) is 22.8 Å². The third-order valence-corrected chi connectivity index (χ3v) is 3.42. The molecule has 5 nitrogen and oxygen atoms in total. The van der Waals surface area contributed by atoms with E-state index in [9.17, 15) is 0 Å². The summed E-state index contributed by atoms with van der Waals surface area (Å²) >= 11 is 0. The standard InChI is InChI=1S/C14H20N2O3/c1-2-13-14(19-10-18-13)7-11(1)3-4-15-8-12-9-17-6-5-16-12/h1-2,7,12,15-16H,3-6,8-10H2. The molecular formula is C14H20N2O3. The van der Waals surface area contributed by atoms with Gasteiger partial charge >= 0.3 is 0 Å². The maximum atomic E-state index is 5.41. The van der Waals surface area contributed by atoms with Gasteiger partial charge in [0.25, 0.3) is 0 Å². The van der Waals surface area contributed by atoms with Gasteiger partial charge in [-0.1, -0.05) is 6.07 Å². The topological polar surface area (TPSA) is 51.8 Å². The monoisotopic (exact) mass is 264 g/mol. The van der Waals surface area contributed by atoms with Crippen LogP contribution in [0.1, 0.15) is 5.56 Å². The van der Waals surface area contributed by atoms with Gasteiger partial charge in [0.2, 0.25) is 6.79 Å². The number of nitrogens with one attached hydrogen (secondary N) is 2. The van der Waals surface area contributed by atoms with E-state index in [-0.39, 0.29) is 0 Å². The van der Waals surface area contributed by atoms with Crippen molar-refractivity contribution in [1.29, 1.82) is 0 Å². The van der Waals surface area contributed by atoms with Gasteiger partial charge in [-0.15, -0.1) is 0 Å². The first-order valence-corrected chi connectivity index (χ1v) is 6.82. The summed E-state index contributed by atoms with van der Waals surface area (Å²) in [6.07, 6.45) is 0.990. The molecule has 104 valence electrons. The summed E-state index contributed by atoms with van der Waals surface area (Å²) in [4.78, 5) is 0. The number of fused-ring (bicyclic) bond motifs is 1. The van der Waals surface area contributed by atoms with Crippen molar-refractivity contribution in [2.45, 2.75) is 12.5 Å². The fraction of sp³-hybridized carbons (Fsp3) is 0.571. The fourth-order valence-corrected chi connectivity index (χ4v) is 2.36. The number of rotatable bonds is 5. The van der Waals surface area contributed by atoms with Gasteiger partial charge in [0.05, 0.1) is 13.2 Å². The van der Waals surface area contributed by atoms with E-state index in [1.807, 2.05) is 6.07 Å². The van der Waals surface area contributed by atoms with Crippen LogP contribution in [0, 0.1) is 0 Å². The molecule has 1 aromatic carbocycles. The number of benzene rings is 1. The molecule has 1 atom stereocenters. The molecule has 1 fully saturated rings. The second-order valence-electron chi connectivity index (χ2n) is 4.87. The van der Waals surface area contributed by atoms with Crippen LogP contribution in [-0.4, -0.2) is 45.7 Å². The van der Waals surface area contributed by atoms with E-state index >= 15 is 0 Å². The molecule has 1 unspecified atom stereocenters. The molecule has 0 aliphatic carbocycles. The summed E-state index contributed by atoms with van der Waals surface area (Å²) in [6, 6.07) is 6.57. The Balaban J connectivity index is 1.40. The summed E-state index contributed by atoms with van der Waals surface area (Å²) < 4.78 is 16.1. The zero-order valence-corrected chi connectivity index (χ0v) is 11.0. The summed E-state index contributed by atoms with van der Waals surface area (Å²) in [7, 11) is 0. The first-order valence-electron chi connectivity index (χ1n) is 6.82. The molecule has 2 N–H and O–H groups in total. The van der Waals surface area contributed by atoms with Crippen molar-refractivity contribution in [1.82, 2.24) is 10.6 Å². The van der Waals surface area contributed by atoms with E-state index in [4.69, 9.17) is 14.2 Å². The summed E-state index contributed by atoms with van der Waals surface area (Å²) in [5.74, 6) is 1.71. The molecule has 2 heterocycles. The van der Waals surface area contributed by atoms with Crippen LogP contribution in [0.3, 0.4) is 0 Å². The van der Waals surface area contributed by atoms with Gasteiger partial charge in [-0.25, -0.2) is 0 Å². The highest BCUT2D eigenvalue weighted by atomic mass is 16.7. The lowest BCUT2D eigenvalue weighted by Crippen LogP contribution is -2.47. The number of hydrogen-bond donors (Lipinski definition) is 2. The van der Waals surface area contributed by atoms with Gasteiger partial charge in [-0.05, 0) is 30.7 Å². The Morgan fingerprint density at radius 1 is 1.26 bits per heavy atom. The molecule has 1 aromatic rings. The summed E-state index contributed by atoms with van der Waals surface area (Å²) in [5.41, 5.74) is 1.27.